The molecule has 0 radical (unpaired) electrons. The van der Waals surface area contributed by atoms with E-state index in [-0.39, 0.29) is 45.9 Å². The zero-order chi connectivity index (χ0) is 35.3. The molecule has 0 amide bonds. The van der Waals surface area contributed by atoms with Crippen LogP contribution in [0.2, 0.25) is 0 Å². The number of rotatable bonds is 11. The zero-order valence-corrected chi connectivity index (χ0v) is 32.3. The molecule has 1 aliphatic rings. The smallest absolute Gasteiger partial charge is 0.684 e. The predicted octanol–water partition coefficient (Wildman–Crippen LogP) is 5.11. The van der Waals surface area contributed by atoms with Crippen molar-refractivity contribution in [2.75, 3.05) is 18.5 Å². The van der Waals surface area contributed by atoms with E-state index in [4.69, 9.17) is 4.99 Å². The molecule has 4 aromatic carbocycles. The zero-order valence-electron chi connectivity index (χ0n) is 28.7. The number of nitrogens with zero attached hydrogens (tertiary/aromatic N) is 3. The second kappa shape index (κ2) is 16.5. The van der Waals surface area contributed by atoms with E-state index in [0.29, 0.717) is 18.7 Å². The molecular formula is C38H38N3NaO6S2. The number of hydrogen-bond acceptors (Lipinski definition) is 6. The Balaban J connectivity index is 0.00000562. The van der Waals surface area contributed by atoms with Crippen LogP contribution in [-0.4, -0.2) is 45.2 Å². The van der Waals surface area contributed by atoms with E-state index in [1.54, 1.807) is 18.2 Å². The van der Waals surface area contributed by atoms with E-state index >= 15 is 0 Å². The van der Waals surface area contributed by atoms with Gasteiger partial charge in [-0.2, -0.15) is 16.8 Å². The van der Waals surface area contributed by atoms with Gasteiger partial charge in [-0.3, -0.25) is 14.1 Å². The van der Waals surface area contributed by atoms with Gasteiger partial charge in [-0.05, 0) is 101 Å². The normalized spacial score (nSPS) is 14.9. The summed E-state index contributed by atoms with van der Waals surface area (Å²) in [5, 5.41) is 4.60. The van der Waals surface area contributed by atoms with Crippen molar-refractivity contribution in [3.8, 4) is 0 Å². The van der Waals surface area contributed by atoms with Crippen molar-refractivity contribution in [3.05, 3.63) is 154 Å². The molecule has 0 saturated carbocycles. The molecule has 0 spiro atoms. The number of anilines is 1. The average molecular weight is 720 g/mol. The standard InChI is InChI=1S/C38H38N3O6S2.Na/c1-5-39-36-18-14-31(20-26(36)2)38(30-12-16-33(17-13-30)41(4)25-29-9-7-11-35(23-29)49(45,46)47)32-15-19-37(27(3)21-32)40-24-28-8-6-10-34(22-28)48(42,43)44;/h6-23H,5,24-25H2,1-4H3,(H,42,43,44)(H,45,46,47);/q-1;+1. The average Bonchev–Trinajstić information content (AvgIpc) is 3.05. The molecule has 50 heavy (non-hydrogen) atoms. The second-order valence-corrected chi connectivity index (χ2v) is 14.7. The molecule has 0 aliphatic heterocycles. The molecule has 5 rings (SSSR count). The summed E-state index contributed by atoms with van der Waals surface area (Å²) in [6, 6.07) is 26.8. The van der Waals surface area contributed by atoms with E-state index < -0.39 is 20.2 Å². The largest absolute Gasteiger partial charge is 1.00 e. The summed E-state index contributed by atoms with van der Waals surface area (Å²) in [5.74, 6) is 0. The van der Waals surface area contributed by atoms with Crippen LogP contribution in [0.5, 0.6) is 0 Å². The van der Waals surface area contributed by atoms with E-state index in [2.05, 4.69) is 42.6 Å². The van der Waals surface area contributed by atoms with Crippen LogP contribution in [0.4, 0.5) is 11.4 Å². The van der Waals surface area contributed by atoms with Crippen molar-refractivity contribution in [1.29, 1.82) is 0 Å². The molecular weight excluding hydrogens is 682 g/mol. The van der Waals surface area contributed by atoms with Gasteiger partial charge in [0.1, 0.15) is 0 Å². The molecule has 4 aromatic rings. The second-order valence-electron chi connectivity index (χ2n) is 11.8. The van der Waals surface area contributed by atoms with Gasteiger partial charge in [0.05, 0.1) is 22.0 Å². The van der Waals surface area contributed by atoms with Gasteiger partial charge in [0.15, 0.2) is 0 Å². The topological polar surface area (TPSA) is 138 Å². The molecule has 0 bridgehead atoms. The Bertz CT molecular complexity index is 2230. The minimum Gasteiger partial charge on any atom is -0.684 e. The Labute approximate surface area is 317 Å². The molecule has 0 aromatic heterocycles. The monoisotopic (exact) mass is 719 g/mol. The first-order valence-corrected chi connectivity index (χ1v) is 18.5. The van der Waals surface area contributed by atoms with Crippen LogP contribution in [0.1, 0.15) is 41.7 Å². The van der Waals surface area contributed by atoms with Gasteiger partial charge in [-0.1, -0.05) is 73.2 Å². The van der Waals surface area contributed by atoms with Crippen molar-refractivity contribution in [3.63, 3.8) is 0 Å². The molecule has 12 heteroatoms. The molecule has 0 fully saturated rings. The fourth-order valence-electron chi connectivity index (χ4n) is 5.68. The molecule has 0 atom stereocenters. The van der Waals surface area contributed by atoms with Crippen molar-refractivity contribution in [1.82, 2.24) is 0 Å². The maximum atomic E-state index is 11.6. The van der Waals surface area contributed by atoms with Crippen LogP contribution in [0.15, 0.2) is 135 Å². The maximum absolute atomic E-state index is 11.6. The van der Waals surface area contributed by atoms with Gasteiger partial charge >= 0.3 is 29.6 Å². The number of aliphatic imine (C=N–C) groups is 1. The molecule has 2 N–H and O–H groups in total. The Morgan fingerprint density at radius 1 is 0.780 bits per heavy atom. The van der Waals surface area contributed by atoms with Crippen molar-refractivity contribution < 1.29 is 55.5 Å². The van der Waals surface area contributed by atoms with E-state index in [0.717, 1.165) is 56.1 Å². The molecule has 9 nitrogen and oxygen atoms in total. The third-order valence-electron chi connectivity index (χ3n) is 8.14. The van der Waals surface area contributed by atoms with Crippen molar-refractivity contribution in [2.45, 2.75) is 43.7 Å². The van der Waals surface area contributed by atoms with Crippen LogP contribution in [0.3, 0.4) is 0 Å². The van der Waals surface area contributed by atoms with Gasteiger partial charge in [0, 0.05) is 19.3 Å². The summed E-state index contributed by atoms with van der Waals surface area (Å²) in [5.41, 5.74) is 10.1. The van der Waals surface area contributed by atoms with Gasteiger partial charge < -0.3 is 10.2 Å². The van der Waals surface area contributed by atoms with Crippen LogP contribution in [0.25, 0.3) is 10.9 Å². The Hall–Kier alpha value is -3.81. The Morgan fingerprint density at radius 3 is 1.96 bits per heavy atom. The fraction of sp³-hybridized carbons (Fsp3) is 0.184. The summed E-state index contributed by atoms with van der Waals surface area (Å²) in [6.07, 6.45) is 6.07. The molecule has 0 heterocycles. The predicted molar refractivity (Wildman–Crippen MR) is 196 cm³/mol. The third kappa shape index (κ3) is 9.70. The van der Waals surface area contributed by atoms with E-state index in [1.807, 2.05) is 62.2 Å². The van der Waals surface area contributed by atoms with E-state index in [9.17, 15) is 25.9 Å². The van der Waals surface area contributed by atoms with Crippen LogP contribution >= 0.6 is 0 Å². The first-order chi connectivity index (χ1) is 23.2. The van der Waals surface area contributed by atoms with Crippen LogP contribution < -0.4 is 34.5 Å². The SMILES string of the molecule is CC[N-]c1ccc(C(=C2C=CC(=NCc3cccc(S(=O)(=O)O)c3)C(C)=C2)c2ccc(N(C)Cc3cccc(S(=O)(=O)O)c3)cc2)cc1C.[Na+]. The quantitative estimate of drug-likeness (QED) is 0.162. The summed E-state index contributed by atoms with van der Waals surface area (Å²) in [4.78, 5) is 6.43. The fourth-order valence-corrected chi connectivity index (χ4v) is 6.78. The number of benzene rings is 4. The molecule has 0 unspecified atom stereocenters. The van der Waals surface area contributed by atoms with Gasteiger partial charge in [0.2, 0.25) is 0 Å². The first-order valence-electron chi connectivity index (χ1n) is 15.6. The molecule has 1 aliphatic carbocycles. The summed E-state index contributed by atoms with van der Waals surface area (Å²) in [7, 11) is -6.68. The van der Waals surface area contributed by atoms with Crippen molar-refractivity contribution in [2.24, 2.45) is 4.99 Å². The Kier molecular flexibility index (Phi) is 12.8. The van der Waals surface area contributed by atoms with Crippen molar-refractivity contribution >= 4 is 42.9 Å². The summed E-state index contributed by atoms with van der Waals surface area (Å²) < 4.78 is 65.3. The van der Waals surface area contributed by atoms with E-state index in [1.165, 1.54) is 24.3 Å². The molecule has 254 valence electrons. The Morgan fingerprint density at radius 2 is 1.38 bits per heavy atom. The number of aryl methyl sites for hydroxylation is 1. The summed E-state index contributed by atoms with van der Waals surface area (Å²) in [6.45, 7) is 7.42. The third-order valence-corrected chi connectivity index (χ3v) is 9.84. The number of hydrogen-bond donors (Lipinski definition) is 2. The first kappa shape index (κ1) is 39.0. The van der Waals surface area contributed by atoms with Crippen LogP contribution in [0, 0.1) is 6.92 Å². The minimum atomic E-state index is -4.30. The number of allylic oxidation sites excluding steroid dienone is 5. The van der Waals surface area contributed by atoms with Gasteiger partial charge in [-0.15, -0.1) is 12.2 Å². The summed E-state index contributed by atoms with van der Waals surface area (Å²) >= 11 is 0. The molecule has 0 saturated heterocycles. The van der Waals surface area contributed by atoms with Gasteiger partial charge in [-0.25, -0.2) is 0 Å². The van der Waals surface area contributed by atoms with Gasteiger partial charge in [0.25, 0.3) is 20.2 Å². The maximum Gasteiger partial charge on any atom is 1.00 e. The minimum absolute atomic E-state index is 0. The van der Waals surface area contributed by atoms with Crippen LogP contribution in [-0.2, 0) is 33.3 Å².